The van der Waals surface area contributed by atoms with Crippen LogP contribution in [0.25, 0.3) is 0 Å². The SMILES string of the molecule is [CH3][Sn]([CH3])([c]1sccc1Br)[c]1sccc1Br. The van der Waals surface area contributed by atoms with Crippen LogP contribution in [0.15, 0.2) is 31.8 Å². The molecule has 2 rings (SSSR count). The summed E-state index contributed by atoms with van der Waals surface area (Å²) in [6, 6.07) is 4.33. The molecular formula is C10H10Br2S2Sn. The third kappa shape index (κ3) is 2.39. The molecule has 15 heavy (non-hydrogen) atoms. The summed E-state index contributed by atoms with van der Waals surface area (Å²) in [5.41, 5.74) is 0. The van der Waals surface area contributed by atoms with E-state index < -0.39 is 18.4 Å². The molecule has 2 aromatic rings. The van der Waals surface area contributed by atoms with Crippen molar-refractivity contribution in [2.45, 2.75) is 9.88 Å². The molecule has 0 spiro atoms. The Bertz CT molecular complexity index is 431. The molecule has 0 radical (unpaired) electrons. The van der Waals surface area contributed by atoms with Crippen molar-refractivity contribution in [1.82, 2.24) is 0 Å². The van der Waals surface area contributed by atoms with E-state index in [0.717, 1.165) is 0 Å². The summed E-state index contributed by atoms with van der Waals surface area (Å²) in [4.78, 5) is 4.95. The van der Waals surface area contributed by atoms with Crippen LogP contribution in [0.5, 0.6) is 0 Å². The van der Waals surface area contributed by atoms with Crippen LogP contribution in [-0.4, -0.2) is 18.4 Å². The molecule has 2 heterocycles. The standard InChI is InChI=1S/2C4H2BrS.2CH3.Sn/c2*5-4-1-2-6-3-4;;;/h2*1-2H;2*1H3;. The van der Waals surface area contributed by atoms with E-state index in [2.05, 4.69) is 64.6 Å². The number of thiophene rings is 2. The number of rotatable bonds is 2. The third-order valence-corrected chi connectivity index (χ3v) is 24.6. The Balaban J connectivity index is 2.53. The molecule has 0 N–H and O–H groups in total. The predicted octanol–water partition coefficient (Wildman–Crippen LogP) is 4.16. The Kier molecular flexibility index (Phi) is 4.04. The van der Waals surface area contributed by atoms with Gasteiger partial charge in [-0.1, -0.05) is 0 Å². The Morgan fingerprint density at radius 2 is 1.33 bits per heavy atom. The quantitative estimate of drug-likeness (QED) is 0.576. The molecule has 0 saturated heterocycles. The molecule has 0 atom stereocenters. The summed E-state index contributed by atoms with van der Waals surface area (Å²) in [7, 11) is 0. The van der Waals surface area contributed by atoms with Crippen LogP contribution < -0.4 is 5.79 Å². The van der Waals surface area contributed by atoms with Crippen molar-refractivity contribution in [3.8, 4) is 0 Å². The average molecular weight is 473 g/mol. The fraction of sp³-hybridized carbons (Fsp3) is 0.200. The van der Waals surface area contributed by atoms with E-state index in [9.17, 15) is 0 Å². The van der Waals surface area contributed by atoms with Gasteiger partial charge in [0.25, 0.3) is 0 Å². The normalized spacial score (nSPS) is 12.0. The first-order valence-corrected chi connectivity index (χ1v) is 16.4. The summed E-state index contributed by atoms with van der Waals surface area (Å²) >= 11 is 8.82. The van der Waals surface area contributed by atoms with E-state index in [-0.39, 0.29) is 0 Å². The Labute approximate surface area is 119 Å². The van der Waals surface area contributed by atoms with Gasteiger partial charge < -0.3 is 0 Å². The van der Waals surface area contributed by atoms with E-state index in [1.165, 1.54) is 8.95 Å². The second-order valence-corrected chi connectivity index (χ2v) is 21.6. The van der Waals surface area contributed by atoms with Crippen LogP contribution in [0.2, 0.25) is 9.88 Å². The van der Waals surface area contributed by atoms with Crippen LogP contribution in [0, 0.1) is 0 Å². The van der Waals surface area contributed by atoms with Gasteiger partial charge in [0.1, 0.15) is 0 Å². The maximum absolute atomic E-state index is 3.66. The number of hydrogen-bond donors (Lipinski definition) is 0. The maximum atomic E-state index is 3.66. The molecular weight excluding hydrogens is 463 g/mol. The van der Waals surface area contributed by atoms with Crippen molar-refractivity contribution in [3.05, 3.63) is 31.8 Å². The van der Waals surface area contributed by atoms with Gasteiger partial charge in [-0.2, -0.15) is 0 Å². The van der Waals surface area contributed by atoms with Crippen LogP contribution in [0.3, 0.4) is 0 Å². The van der Waals surface area contributed by atoms with Gasteiger partial charge >= 0.3 is 120 Å². The molecule has 0 amide bonds. The first kappa shape index (κ1) is 12.6. The zero-order chi connectivity index (χ0) is 11.1. The minimum absolute atomic E-state index is 1.30. The monoisotopic (exact) mass is 472 g/mol. The fourth-order valence-electron chi connectivity index (χ4n) is 1.58. The van der Waals surface area contributed by atoms with Crippen molar-refractivity contribution in [1.29, 1.82) is 0 Å². The molecule has 0 bridgehead atoms. The van der Waals surface area contributed by atoms with Crippen molar-refractivity contribution < 1.29 is 0 Å². The minimum atomic E-state index is -2.30. The molecule has 0 nitrogen and oxygen atoms in total. The van der Waals surface area contributed by atoms with E-state index in [1.54, 1.807) is 5.79 Å². The molecule has 0 saturated carbocycles. The van der Waals surface area contributed by atoms with Gasteiger partial charge in [-0.15, -0.1) is 0 Å². The number of halogens is 2. The van der Waals surface area contributed by atoms with Gasteiger partial charge in [0.15, 0.2) is 0 Å². The molecule has 0 aliphatic rings. The van der Waals surface area contributed by atoms with Gasteiger partial charge in [0.05, 0.1) is 0 Å². The van der Waals surface area contributed by atoms with E-state index in [0.29, 0.717) is 0 Å². The Morgan fingerprint density at radius 1 is 0.933 bits per heavy atom. The van der Waals surface area contributed by atoms with Gasteiger partial charge in [-0.3, -0.25) is 0 Å². The second kappa shape index (κ2) is 4.80. The van der Waals surface area contributed by atoms with Crippen LogP contribution in [0.1, 0.15) is 0 Å². The first-order valence-electron chi connectivity index (χ1n) is 4.50. The predicted molar refractivity (Wildman–Crippen MR) is 80.8 cm³/mol. The summed E-state index contributed by atoms with van der Waals surface area (Å²) in [5, 5.41) is 4.36. The summed E-state index contributed by atoms with van der Waals surface area (Å²) in [6.45, 7) is 0. The summed E-state index contributed by atoms with van der Waals surface area (Å²) in [6.07, 6.45) is 0. The fourth-order valence-corrected chi connectivity index (χ4v) is 23.5. The molecule has 80 valence electrons. The summed E-state index contributed by atoms with van der Waals surface area (Å²) in [5.74, 6) is 0. The van der Waals surface area contributed by atoms with Crippen molar-refractivity contribution in [3.63, 3.8) is 0 Å². The van der Waals surface area contributed by atoms with Gasteiger partial charge in [-0.05, 0) is 0 Å². The van der Waals surface area contributed by atoms with Gasteiger partial charge in [0, 0.05) is 0 Å². The average Bonchev–Trinajstić information content (AvgIpc) is 2.73. The van der Waals surface area contributed by atoms with Gasteiger partial charge in [-0.25, -0.2) is 0 Å². The summed E-state index contributed by atoms with van der Waals surface area (Å²) < 4.78 is 5.78. The molecule has 5 heteroatoms. The Morgan fingerprint density at radius 3 is 1.60 bits per heavy atom. The van der Waals surface area contributed by atoms with Crippen LogP contribution >= 0.6 is 54.5 Å². The van der Waals surface area contributed by atoms with Crippen LogP contribution in [0.4, 0.5) is 0 Å². The molecule has 0 unspecified atom stereocenters. The van der Waals surface area contributed by atoms with Crippen molar-refractivity contribution in [2.24, 2.45) is 0 Å². The third-order valence-electron chi connectivity index (χ3n) is 2.37. The molecule has 2 aromatic heterocycles. The Hall–Kier alpha value is 1.16. The molecule has 0 aromatic carbocycles. The van der Waals surface area contributed by atoms with E-state index in [1.807, 2.05) is 22.7 Å². The zero-order valence-corrected chi connectivity index (χ0v) is 16.0. The molecule has 0 aliphatic carbocycles. The van der Waals surface area contributed by atoms with E-state index in [4.69, 9.17) is 0 Å². The molecule has 0 fully saturated rings. The van der Waals surface area contributed by atoms with Crippen LogP contribution in [-0.2, 0) is 0 Å². The van der Waals surface area contributed by atoms with E-state index >= 15 is 0 Å². The van der Waals surface area contributed by atoms with Crippen molar-refractivity contribution >= 4 is 78.7 Å². The second-order valence-electron chi connectivity index (χ2n) is 3.82. The molecule has 0 aliphatic heterocycles. The first-order chi connectivity index (χ1) is 7.03. The van der Waals surface area contributed by atoms with Gasteiger partial charge in [0.2, 0.25) is 0 Å². The van der Waals surface area contributed by atoms with Crippen molar-refractivity contribution in [2.75, 3.05) is 0 Å². The zero-order valence-electron chi connectivity index (χ0n) is 8.38. The number of hydrogen-bond acceptors (Lipinski definition) is 2. The topological polar surface area (TPSA) is 0 Å².